The summed E-state index contributed by atoms with van der Waals surface area (Å²) in [5.74, 6) is 0.582. The molecule has 0 spiro atoms. The number of ether oxygens (including phenoxy) is 1. The van der Waals surface area contributed by atoms with E-state index in [9.17, 15) is 4.79 Å². The number of carbonyl (C=O) groups is 1. The summed E-state index contributed by atoms with van der Waals surface area (Å²) in [5.41, 5.74) is -0.536. The van der Waals surface area contributed by atoms with E-state index in [0.717, 1.165) is 44.3 Å². The van der Waals surface area contributed by atoms with Gasteiger partial charge in [0.05, 0.1) is 7.11 Å². The van der Waals surface area contributed by atoms with Gasteiger partial charge in [0.15, 0.2) is 0 Å². The zero-order chi connectivity index (χ0) is 15.9. The van der Waals surface area contributed by atoms with Crippen LogP contribution in [-0.2, 0) is 9.53 Å². The molecular weight excluding hydrogens is 264 g/mol. The maximum absolute atomic E-state index is 11.9. The smallest absolute Gasteiger partial charge is 0.325 e. The van der Waals surface area contributed by atoms with E-state index in [0.29, 0.717) is 0 Å². The van der Waals surface area contributed by atoms with Crippen molar-refractivity contribution < 1.29 is 9.53 Å². The first-order chi connectivity index (χ1) is 9.92. The Labute approximate surface area is 130 Å². The topological polar surface area (TPSA) is 41.6 Å². The van der Waals surface area contributed by atoms with Crippen molar-refractivity contribution in [1.82, 2.24) is 10.2 Å². The molecule has 21 heavy (non-hydrogen) atoms. The van der Waals surface area contributed by atoms with Crippen molar-refractivity contribution in [1.29, 1.82) is 0 Å². The SMILES string of the molecule is CCNC(C)(CCCCN(CC(C)C)C1CC1)C(=O)OC. The molecule has 1 atom stereocenters. The fourth-order valence-electron chi connectivity index (χ4n) is 3.00. The van der Waals surface area contributed by atoms with Crippen molar-refractivity contribution in [2.45, 2.75) is 71.4 Å². The van der Waals surface area contributed by atoms with Crippen LogP contribution in [0.1, 0.15) is 59.8 Å². The highest BCUT2D eigenvalue weighted by Crippen LogP contribution is 2.28. The zero-order valence-corrected chi connectivity index (χ0v) is 14.6. The van der Waals surface area contributed by atoms with E-state index in [1.165, 1.54) is 26.5 Å². The number of nitrogens with zero attached hydrogens (tertiary/aromatic N) is 1. The highest BCUT2D eigenvalue weighted by molar-refractivity contribution is 5.80. The summed E-state index contributed by atoms with van der Waals surface area (Å²) in [7, 11) is 1.47. The predicted octanol–water partition coefficient (Wildman–Crippen LogP) is 2.82. The molecule has 0 saturated heterocycles. The van der Waals surface area contributed by atoms with Crippen LogP contribution in [0.25, 0.3) is 0 Å². The van der Waals surface area contributed by atoms with Gasteiger partial charge in [-0.15, -0.1) is 0 Å². The fraction of sp³-hybridized carbons (Fsp3) is 0.941. The molecule has 1 fully saturated rings. The number of methoxy groups -OCH3 is 1. The normalized spacial score (nSPS) is 18.0. The molecule has 0 amide bonds. The molecule has 1 N–H and O–H groups in total. The van der Waals surface area contributed by atoms with E-state index in [1.807, 2.05) is 13.8 Å². The van der Waals surface area contributed by atoms with Crippen molar-refractivity contribution >= 4 is 5.97 Å². The maximum atomic E-state index is 11.9. The molecule has 0 bridgehead atoms. The predicted molar refractivity (Wildman–Crippen MR) is 87.4 cm³/mol. The maximum Gasteiger partial charge on any atom is 0.325 e. The molecule has 0 aromatic rings. The lowest BCUT2D eigenvalue weighted by Gasteiger charge is -2.28. The average molecular weight is 298 g/mol. The number of likely N-dealkylation sites (N-methyl/N-ethyl adjacent to an activating group) is 1. The first-order valence-electron chi connectivity index (χ1n) is 8.50. The Hall–Kier alpha value is -0.610. The van der Waals surface area contributed by atoms with Crippen LogP contribution in [-0.4, -0.2) is 49.2 Å². The minimum absolute atomic E-state index is 0.148. The molecule has 0 aromatic carbocycles. The Bertz CT molecular complexity index is 316. The van der Waals surface area contributed by atoms with E-state index in [1.54, 1.807) is 0 Å². The molecule has 4 heteroatoms. The van der Waals surface area contributed by atoms with Gasteiger partial charge in [0.1, 0.15) is 5.54 Å². The number of hydrogen-bond acceptors (Lipinski definition) is 4. The lowest BCUT2D eigenvalue weighted by atomic mass is 9.94. The molecule has 1 aliphatic rings. The minimum atomic E-state index is -0.536. The molecule has 1 rings (SSSR count). The lowest BCUT2D eigenvalue weighted by Crippen LogP contribution is -2.50. The average Bonchev–Trinajstić information content (AvgIpc) is 3.25. The van der Waals surface area contributed by atoms with Gasteiger partial charge in [0, 0.05) is 12.6 Å². The molecule has 1 aliphatic carbocycles. The molecule has 0 radical (unpaired) electrons. The molecule has 124 valence electrons. The van der Waals surface area contributed by atoms with Gasteiger partial charge >= 0.3 is 5.97 Å². The summed E-state index contributed by atoms with van der Waals surface area (Å²) in [6.45, 7) is 11.7. The summed E-state index contributed by atoms with van der Waals surface area (Å²) in [5, 5.41) is 3.28. The molecule has 1 saturated carbocycles. The third kappa shape index (κ3) is 6.35. The van der Waals surface area contributed by atoms with Gasteiger partial charge in [-0.1, -0.05) is 20.8 Å². The molecule has 4 nitrogen and oxygen atoms in total. The Morgan fingerprint density at radius 1 is 1.38 bits per heavy atom. The van der Waals surface area contributed by atoms with Gasteiger partial charge < -0.3 is 15.0 Å². The van der Waals surface area contributed by atoms with Crippen LogP contribution in [0.4, 0.5) is 0 Å². The summed E-state index contributed by atoms with van der Waals surface area (Å²) >= 11 is 0. The van der Waals surface area contributed by atoms with E-state index in [2.05, 4.69) is 24.1 Å². The molecule has 0 aromatic heterocycles. The van der Waals surface area contributed by atoms with Gasteiger partial charge in [0.2, 0.25) is 0 Å². The summed E-state index contributed by atoms with van der Waals surface area (Å²) < 4.78 is 4.94. The number of hydrogen-bond donors (Lipinski definition) is 1. The van der Waals surface area contributed by atoms with E-state index in [4.69, 9.17) is 4.74 Å². The first kappa shape index (κ1) is 18.4. The van der Waals surface area contributed by atoms with Crippen molar-refractivity contribution in [2.24, 2.45) is 5.92 Å². The standard InChI is InChI=1S/C17H34N2O2/c1-6-18-17(4,16(20)21-5)11-7-8-12-19(13-14(2)3)15-9-10-15/h14-15,18H,6-13H2,1-5H3. The van der Waals surface area contributed by atoms with Crippen LogP contribution in [0.5, 0.6) is 0 Å². The number of esters is 1. The van der Waals surface area contributed by atoms with Gasteiger partial charge in [0.25, 0.3) is 0 Å². The van der Waals surface area contributed by atoms with Gasteiger partial charge in [-0.3, -0.25) is 4.79 Å². The van der Waals surface area contributed by atoms with E-state index < -0.39 is 5.54 Å². The van der Waals surface area contributed by atoms with E-state index >= 15 is 0 Å². The second kappa shape index (κ2) is 8.74. The quantitative estimate of drug-likeness (QED) is 0.470. The summed E-state index contributed by atoms with van der Waals surface area (Å²) in [4.78, 5) is 14.6. The molecule has 1 unspecified atom stereocenters. The van der Waals surface area contributed by atoms with Crippen LogP contribution in [0.15, 0.2) is 0 Å². The summed E-state index contributed by atoms with van der Waals surface area (Å²) in [6.07, 6.45) is 5.78. The van der Waals surface area contributed by atoms with Gasteiger partial charge in [-0.25, -0.2) is 0 Å². The third-order valence-corrected chi connectivity index (χ3v) is 4.24. The Kier molecular flexibility index (Phi) is 7.67. The fourth-order valence-corrected chi connectivity index (χ4v) is 3.00. The van der Waals surface area contributed by atoms with Crippen LogP contribution >= 0.6 is 0 Å². The van der Waals surface area contributed by atoms with Crippen LogP contribution < -0.4 is 5.32 Å². The van der Waals surface area contributed by atoms with Crippen molar-refractivity contribution in [3.8, 4) is 0 Å². The number of rotatable bonds is 11. The summed E-state index contributed by atoms with van der Waals surface area (Å²) in [6, 6.07) is 0.827. The highest BCUT2D eigenvalue weighted by Gasteiger charge is 2.33. The van der Waals surface area contributed by atoms with Crippen molar-refractivity contribution in [3.05, 3.63) is 0 Å². The van der Waals surface area contributed by atoms with Crippen molar-refractivity contribution in [2.75, 3.05) is 26.7 Å². The van der Waals surface area contributed by atoms with Gasteiger partial charge in [-0.2, -0.15) is 0 Å². The minimum Gasteiger partial charge on any atom is -0.468 e. The Morgan fingerprint density at radius 2 is 2.05 bits per heavy atom. The monoisotopic (exact) mass is 298 g/mol. The highest BCUT2D eigenvalue weighted by atomic mass is 16.5. The number of carbonyl (C=O) groups excluding carboxylic acids is 1. The van der Waals surface area contributed by atoms with Crippen LogP contribution in [0.2, 0.25) is 0 Å². The van der Waals surface area contributed by atoms with Crippen LogP contribution in [0, 0.1) is 5.92 Å². The van der Waals surface area contributed by atoms with Crippen molar-refractivity contribution in [3.63, 3.8) is 0 Å². The van der Waals surface area contributed by atoms with Crippen LogP contribution in [0.3, 0.4) is 0 Å². The largest absolute Gasteiger partial charge is 0.468 e. The molecule has 0 heterocycles. The lowest BCUT2D eigenvalue weighted by molar-refractivity contribution is -0.148. The molecule has 0 aliphatic heterocycles. The Balaban J connectivity index is 2.34. The van der Waals surface area contributed by atoms with E-state index in [-0.39, 0.29) is 5.97 Å². The number of unbranched alkanes of at least 4 members (excludes halogenated alkanes) is 1. The first-order valence-corrected chi connectivity index (χ1v) is 8.50. The number of nitrogens with one attached hydrogen (secondary N) is 1. The molecular formula is C17H34N2O2. The zero-order valence-electron chi connectivity index (χ0n) is 14.6. The third-order valence-electron chi connectivity index (χ3n) is 4.24. The Morgan fingerprint density at radius 3 is 2.52 bits per heavy atom. The second-order valence-electron chi connectivity index (χ2n) is 6.93. The second-order valence-corrected chi connectivity index (χ2v) is 6.93. The van der Waals surface area contributed by atoms with Gasteiger partial charge in [-0.05, 0) is 58.0 Å².